The number of benzene rings is 1. The number of thioether (sulfide) groups is 1. The maximum Gasteiger partial charge on any atom is 0.358 e. The van der Waals surface area contributed by atoms with E-state index in [-0.39, 0.29) is 5.69 Å². The number of hydrogen-bond acceptors (Lipinski definition) is 4. The van der Waals surface area contributed by atoms with Crippen molar-refractivity contribution in [2.24, 2.45) is 0 Å². The highest BCUT2D eigenvalue weighted by Gasteiger charge is 2.10. The standard InChI is InChI=1S/C12H10ClNO3S/c13-10-4-2-1-3-8(10)6-18-7-9-5-11(12(15)16)14-17-9/h1-5H,6-7H2,(H,15,16). The van der Waals surface area contributed by atoms with E-state index in [1.807, 2.05) is 24.3 Å². The second-order valence-electron chi connectivity index (χ2n) is 3.57. The summed E-state index contributed by atoms with van der Waals surface area (Å²) < 4.78 is 4.91. The number of nitrogens with zero attached hydrogens (tertiary/aromatic N) is 1. The first-order chi connectivity index (χ1) is 8.66. The number of aromatic carboxylic acids is 1. The smallest absolute Gasteiger partial charge is 0.358 e. The van der Waals surface area contributed by atoms with Crippen LogP contribution in [0.25, 0.3) is 0 Å². The number of carboxylic acids is 1. The van der Waals surface area contributed by atoms with Gasteiger partial charge in [-0.3, -0.25) is 0 Å². The lowest BCUT2D eigenvalue weighted by Crippen LogP contribution is -1.94. The lowest BCUT2D eigenvalue weighted by Gasteiger charge is -2.01. The van der Waals surface area contributed by atoms with Crippen molar-refractivity contribution in [3.63, 3.8) is 0 Å². The van der Waals surface area contributed by atoms with Gasteiger partial charge in [0.25, 0.3) is 0 Å². The van der Waals surface area contributed by atoms with Crippen LogP contribution in [0.5, 0.6) is 0 Å². The van der Waals surface area contributed by atoms with Gasteiger partial charge in [-0.1, -0.05) is 35.0 Å². The molecule has 0 amide bonds. The molecule has 94 valence electrons. The van der Waals surface area contributed by atoms with E-state index in [1.165, 1.54) is 6.07 Å². The monoisotopic (exact) mass is 283 g/mol. The summed E-state index contributed by atoms with van der Waals surface area (Å²) in [7, 11) is 0. The number of rotatable bonds is 5. The van der Waals surface area contributed by atoms with Crippen LogP contribution in [0, 0.1) is 0 Å². The van der Waals surface area contributed by atoms with E-state index < -0.39 is 5.97 Å². The molecule has 2 aromatic rings. The molecule has 0 aliphatic carbocycles. The normalized spacial score (nSPS) is 10.5. The van der Waals surface area contributed by atoms with Crippen LogP contribution in [-0.2, 0) is 11.5 Å². The fourth-order valence-corrected chi connectivity index (χ4v) is 2.55. The van der Waals surface area contributed by atoms with Gasteiger partial charge < -0.3 is 9.63 Å². The molecule has 0 saturated carbocycles. The van der Waals surface area contributed by atoms with Crippen molar-refractivity contribution >= 4 is 29.3 Å². The number of aromatic nitrogens is 1. The van der Waals surface area contributed by atoms with Gasteiger partial charge in [0, 0.05) is 16.8 Å². The summed E-state index contributed by atoms with van der Waals surface area (Å²) in [6, 6.07) is 9.04. The number of carbonyl (C=O) groups is 1. The number of halogens is 1. The molecule has 0 aliphatic rings. The average molecular weight is 284 g/mol. The Morgan fingerprint density at radius 1 is 1.39 bits per heavy atom. The van der Waals surface area contributed by atoms with Gasteiger partial charge in [-0.15, -0.1) is 11.8 Å². The molecular formula is C12H10ClNO3S. The van der Waals surface area contributed by atoms with Gasteiger partial charge in [-0.25, -0.2) is 4.79 Å². The van der Waals surface area contributed by atoms with Crippen LogP contribution in [0.1, 0.15) is 21.8 Å². The molecule has 1 aromatic carbocycles. The van der Waals surface area contributed by atoms with Crippen molar-refractivity contribution in [2.75, 3.05) is 0 Å². The topological polar surface area (TPSA) is 63.3 Å². The fraction of sp³-hybridized carbons (Fsp3) is 0.167. The van der Waals surface area contributed by atoms with Crippen molar-refractivity contribution < 1.29 is 14.4 Å². The zero-order valence-electron chi connectivity index (χ0n) is 9.30. The molecule has 0 saturated heterocycles. The third kappa shape index (κ3) is 3.27. The second kappa shape index (κ2) is 5.93. The Morgan fingerprint density at radius 3 is 2.83 bits per heavy atom. The van der Waals surface area contributed by atoms with Crippen LogP contribution in [0.4, 0.5) is 0 Å². The van der Waals surface area contributed by atoms with Crippen LogP contribution in [0.15, 0.2) is 34.9 Å². The largest absolute Gasteiger partial charge is 0.476 e. The first-order valence-corrected chi connectivity index (χ1v) is 6.70. The third-order valence-electron chi connectivity index (χ3n) is 2.24. The van der Waals surface area contributed by atoms with Crippen LogP contribution in [0.3, 0.4) is 0 Å². The minimum Gasteiger partial charge on any atom is -0.476 e. The molecule has 0 radical (unpaired) electrons. The number of carboxylic acid groups (broad SMARTS) is 1. The summed E-state index contributed by atoms with van der Waals surface area (Å²) in [4.78, 5) is 10.6. The van der Waals surface area contributed by atoms with E-state index in [4.69, 9.17) is 21.2 Å². The van der Waals surface area contributed by atoms with E-state index >= 15 is 0 Å². The minimum atomic E-state index is -1.08. The molecule has 6 heteroatoms. The Morgan fingerprint density at radius 2 is 2.17 bits per heavy atom. The molecule has 1 N–H and O–H groups in total. The molecule has 0 spiro atoms. The van der Waals surface area contributed by atoms with Crippen molar-refractivity contribution in [1.82, 2.24) is 5.16 Å². The zero-order valence-corrected chi connectivity index (χ0v) is 10.9. The quantitative estimate of drug-likeness (QED) is 0.910. The van der Waals surface area contributed by atoms with Crippen LogP contribution < -0.4 is 0 Å². The Labute approximate surface area is 113 Å². The van der Waals surface area contributed by atoms with Gasteiger partial charge in [0.15, 0.2) is 5.69 Å². The molecule has 4 nitrogen and oxygen atoms in total. The predicted octanol–water partition coefficient (Wildman–Crippen LogP) is 3.46. The predicted molar refractivity (Wildman–Crippen MR) is 69.9 cm³/mol. The molecule has 0 bridgehead atoms. The van der Waals surface area contributed by atoms with E-state index in [0.717, 1.165) is 16.3 Å². The van der Waals surface area contributed by atoms with Crippen molar-refractivity contribution in [3.05, 3.63) is 52.4 Å². The highest BCUT2D eigenvalue weighted by molar-refractivity contribution is 7.97. The first kappa shape index (κ1) is 13.0. The second-order valence-corrected chi connectivity index (χ2v) is 4.96. The SMILES string of the molecule is O=C(O)c1cc(CSCc2ccccc2Cl)on1. The average Bonchev–Trinajstić information content (AvgIpc) is 2.80. The molecule has 0 fully saturated rings. The van der Waals surface area contributed by atoms with Crippen molar-refractivity contribution in [2.45, 2.75) is 11.5 Å². The molecule has 0 atom stereocenters. The minimum absolute atomic E-state index is 0.0663. The molecule has 1 heterocycles. The fourth-order valence-electron chi connectivity index (χ4n) is 1.36. The van der Waals surface area contributed by atoms with Gasteiger partial charge in [0.2, 0.25) is 0 Å². The summed E-state index contributed by atoms with van der Waals surface area (Å²) in [5, 5.41) is 12.9. The molecule has 1 aromatic heterocycles. The highest BCUT2D eigenvalue weighted by atomic mass is 35.5. The third-order valence-corrected chi connectivity index (χ3v) is 3.61. The maximum atomic E-state index is 10.6. The van der Waals surface area contributed by atoms with E-state index in [9.17, 15) is 4.79 Å². The van der Waals surface area contributed by atoms with Gasteiger partial charge in [-0.2, -0.15) is 0 Å². The van der Waals surface area contributed by atoms with Crippen molar-refractivity contribution in [1.29, 1.82) is 0 Å². The highest BCUT2D eigenvalue weighted by Crippen LogP contribution is 2.23. The molecule has 0 unspecified atom stereocenters. The molecule has 2 rings (SSSR count). The summed E-state index contributed by atoms with van der Waals surface area (Å²) in [5.74, 6) is 0.763. The number of hydrogen-bond donors (Lipinski definition) is 1. The lowest BCUT2D eigenvalue weighted by atomic mass is 10.2. The van der Waals surface area contributed by atoms with Crippen LogP contribution in [-0.4, -0.2) is 16.2 Å². The van der Waals surface area contributed by atoms with Gasteiger partial charge in [-0.05, 0) is 11.6 Å². The first-order valence-electron chi connectivity index (χ1n) is 5.17. The van der Waals surface area contributed by atoms with Gasteiger partial charge >= 0.3 is 5.97 Å². The van der Waals surface area contributed by atoms with Crippen LogP contribution in [0.2, 0.25) is 5.02 Å². The summed E-state index contributed by atoms with van der Waals surface area (Å²) in [6.45, 7) is 0. The van der Waals surface area contributed by atoms with E-state index in [0.29, 0.717) is 11.5 Å². The van der Waals surface area contributed by atoms with Crippen molar-refractivity contribution in [3.8, 4) is 0 Å². The Hall–Kier alpha value is -1.46. The van der Waals surface area contributed by atoms with Gasteiger partial charge in [0.1, 0.15) is 5.76 Å². The van der Waals surface area contributed by atoms with E-state index in [1.54, 1.807) is 11.8 Å². The molecular weight excluding hydrogens is 274 g/mol. The summed E-state index contributed by atoms with van der Waals surface area (Å²) in [5.41, 5.74) is 0.977. The molecule has 0 aliphatic heterocycles. The van der Waals surface area contributed by atoms with E-state index in [2.05, 4.69) is 5.16 Å². The Kier molecular flexibility index (Phi) is 4.28. The summed E-state index contributed by atoms with van der Waals surface area (Å²) in [6.07, 6.45) is 0. The van der Waals surface area contributed by atoms with Crippen LogP contribution >= 0.6 is 23.4 Å². The molecule has 18 heavy (non-hydrogen) atoms. The maximum absolute atomic E-state index is 10.6. The Bertz CT molecular complexity index is 556. The summed E-state index contributed by atoms with van der Waals surface area (Å²) >= 11 is 7.61. The lowest BCUT2D eigenvalue weighted by molar-refractivity contribution is 0.0685. The Balaban J connectivity index is 1.88. The zero-order chi connectivity index (χ0) is 13.0. The van der Waals surface area contributed by atoms with Gasteiger partial charge in [0.05, 0.1) is 5.75 Å².